The molecule has 0 spiro atoms. The topological polar surface area (TPSA) is 12.0 Å². The van der Waals surface area contributed by atoms with Crippen molar-refractivity contribution in [3.63, 3.8) is 0 Å². The highest BCUT2D eigenvalue weighted by molar-refractivity contribution is 5.42. The van der Waals surface area contributed by atoms with Crippen LogP contribution in [0.2, 0.25) is 0 Å². The van der Waals surface area contributed by atoms with E-state index in [9.17, 15) is 0 Å². The normalized spacial score (nSPS) is 26.3. The van der Waals surface area contributed by atoms with Crippen LogP contribution in [0.5, 0.6) is 0 Å². The van der Waals surface area contributed by atoms with Gasteiger partial charge in [-0.2, -0.15) is 0 Å². The van der Waals surface area contributed by atoms with Crippen molar-refractivity contribution in [3.8, 4) is 0 Å². The summed E-state index contributed by atoms with van der Waals surface area (Å²) in [7, 11) is 0. The molecule has 1 rings (SSSR count). The summed E-state index contributed by atoms with van der Waals surface area (Å²) in [5.41, 5.74) is 2.40. The summed E-state index contributed by atoms with van der Waals surface area (Å²) < 4.78 is 0. The Morgan fingerprint density at radius 3 is 2.40 bits per heavy atom. The molecule has 1 nitrogen and oxygen atoms in total. The van der Waals surface area contributed by atoms with Gasteiger partial charge in [0.1, 0.15) is 0 Å². The van der Waals surface area contributed by atoms with E-state index in [1.165, 1.54) is 5.57 Å². The van der Waals surface area contributed by atoms with Crippen molar-refractivity contribution in [2.45, 2.75) is 19.9 Å². The summed E-state index contributed by atoms with van der Waals surface area (Å²) in [4.78, 5) is 0. The minimum absolute atomic E-state index is 0.278. The SMILES string of the molecule is C=CC1=C(/C=C\C)NC(C=C)C1/C=C\C. The van der Waals surface area contributed by atoms with Gasteiger partial charge in [0.2, 0.25) is 0 Å². The van der Waals surface area contributed by atoms with E-state index in [4.69, 9.17) is 0 Å². The van der Waals surface area contributed by atoms with Gasteiger partial charge in [0, 0.05) is 11.6 Å². The highest BCUT2D eigenvalue weighted by atomic mass is 15.0. The first kappa shape index (κ1) is 11.6. The van der Waals surface area contributed by atoms with Gasteiger partial charge in [0.25, 0.3) is 0 Å². The quantitative estimate of drug-likeness (QED) is 0.688. The molecule has 1 heteroatoms. The van der Waals surface area contributed by atoms with Gasteiger partial charge in [-0.15, -0.1) is 6.58 Å². The zero-order chi connectivity index (χ0) is 11.3. The number of rotatable bonds is 4. The Kier molecular flexibility index (Phi) is 4.17. The molecular formula is C14H19N. The fraction of sp³-hybridized carbons (Fsp3) is 0.286. The molecule has 1 N–H and O–H groups in total. The number of hydrogen-bond donors (Lipinski definition) is 1. The smallest absolute Gasteiger partial charge is 0.0546 e. The third kappa shape index (κ3) is 2.30. The lowest BCUT2D eigenvalue weighted by atomic mass is 9.93. The monoisotopic (exact) mass is 201 g/mol. The molecular weight excluding hydrogens is 182 g/mol. The molecule has 0 radical (unpaired) electrons. The second kappa shape index (κ2) is 5.40. The highest BCUT2D eigenvalue weighted by Gasteiger charge is 2.27. The van der Waals surface area contributed by atoms with E-state index in [1.807, 2.05) is 32.1 Å². The van der Waals surface area contributed by atoms with Gasteiger partial charge in [-0.25, -0.2) is 0 Å². The molecule has 1 heterocycles. The van der Waals surface area contributed by atoms with Crippen LogP contribution in [0.15, 0.2) is 60.9 Å². The fourth-order valence-electron chi connectivity index (χ4n) is 1.92. The molecule has 0 saturated carbocycles. The van der Waals surface area contributed by atoms with Crippen molar-refractivity contribution in [1.29, 1.82) is 0 Å². The maximum Gasteiger partial charge on any atom is 0.0546 e. The van der Waals surface area contributed by atoms with E-state index >= 15 is 0 Å². The van der Waals surface area contributed by atoms with Crippen LogP contribution in [0.25, 0.3) is 0 Å². The fourth-order valence-corrected chi connectivity index (χ4v) is 1.92. The van der Waals surface area contributed by atoms with E-state index < -0.39 is 0 Å². The molecule has 1 aliphatic heterocycles. The van der Waals surface area contributed by atoms with Crippen molar-refractivity contribution in [2.24, 2.45) is 5.92 Å². The second-order valence-electron chi connectivity index (χ2n) is 3.53. The Bertz CT molecular complexity index is 331. The van der Waals surface area contributed by atoms with Crippen molar-refractivity contribution in [2.75, 3.05) is 0 Å². The van der Waals surface area contributed by atoms with Gasteiger partial charge < -0.3 is 5.32 Å². The zero-order valence-corrected chi connectivity index (χ0v) is 9.53. The van der Waals surface area contributed by atoms with Crippen LogP contribution in [-0.2, 0) is 0 Å². The molecule has 15 heavy (non-hydrogen) atoms. The van der Waals surface area contributed by atoms with Crippen molar-refractivity contribution in [1.82, 2.24) is 5.32 Å². The lowest BCUT2D eigenvalue weighted by molar-refractivity contribution is 0.640. The van der Waals surface area contributed by atoms with Gasteiger partial charge in [-0.05, 0) is 25.5 Å². The molecule has 2 atom stereocenters. The highest BCUT2D eigenvalue weighted by Crippen LogP contribution is 2.29. The molecule has 0 aliphatic carbocycles. The molecule has 0 aromatic carbocycles. The largest absolute Gasteiger partial charge is 0.378 e. The van der Waals surface area contributed by atoms with Gasteiger partial charge in [-0.3, -0.25) is 0 Å². The summed E-state index contributed by atoms with van der Waals surface area (Å²) in [6.07, 6.45) is 12.3. The Balaban J connectivity index is 3.08. The van der Waals surface area contributed by atoms with Crippen molar-refractivity contribution < 1.29 is 0 Å². The summed E-state index contributed by atoms with van der Waals surface area (Å²) in [5.74, 6) is 0.358. The Morgan fingerprint density at radius 1 is 1.20 bits per heavy atom. The first-order chi connectivity index (χ1) is 7.28. The molecule has 0 aromatic rings. The molecule has 2 unspecified atom stereocenters. The molecule has 80 valence electrons. The Labute approximate surface area is 92.6 Å². The standard InChI is InChI=1S/C14H19N/c1-5-9-12-11(7-3)14(10-6-2)15-13(12)8-4/h5-10,12-13,15H,3-4H2,1-2H3/b9-5-,10-6-. The van der Waals surface area contributed by atoms with E-state index in [-0.39, 0.29) is 6.04 Å². The minimum atomic E-state index is 0.278. The first-order valence-electron chi connectivity index (χ1n) is 5.29. The predicted molar refractivity (Wildman–Crippen MR) is 67.5 cm³/mol. The Morgan fingerprint density at radius 2 is 1.93 bits per heavy atom. The maximum atomic E-state index is 3.88. The van der Waals surface area contributed by atoms with Crippen LogP contribution in [-0.4, -0.2) is 6.04 Å². The van der Waals surface area contributed by atoms with Crippen LogP contribution < -0.4 is 5.32 Å². The van der Waals surface area contributed by atoms with E-state index in [1.54, 1.807) is 0 Å². The minimum Gasteiger partial charge on any atom is -0.378 e. The summed E-state index contributed by atoms with van der Waals surface area (Å²) in [6, 6.07) is 0.278. The number of allylic oxidation sites excluding steroid dienone is 4. The van der Waals surface area contributed by atoms with Gasteiger partial charge >= 0.3 is 0 Å². The van der Waals surface area contributed by atoms with Gasteiger partial charge in [-0.1, -0.05) is 37.0 Å². The van der Waals surface area contributed by atoms with Gasteiger partial charge in [0.05, 0.1) is 6.04 Å². The van der Waals surface area contributed by atoms with Crippen LogP contribution in [0.4, 0.5) is 0 Å². The third-order valence-corrected chi connectivity index (χ3v) is 2.59. The summed E-state index contributed by atoms with van der Waals surface area (Å²) >= 11 is 0. The van der Waals surface area contributed by atoms with Crippen LogP contribution >= 0.6 is 0 Å². The van der Waals surface area contributed by atoms with E-state index in [0.717, 1.165) is 5.70 Å². The predicted octanol–water partition coefficient (Wildman–Crippen LogP) is 3.35. The molecule has 0 bridgehead atoms. The molecule has 0 saturated heterocycles. The Hall–Kier alpha value is -1.50. The molecule has 1 aliphatic rings. The van der Waals surface area contributed by atoms with E-state index in [2.05, 4.69) is 36.7 Å². The molecule has 0 fully saturated rings. The van der Waals surface area contributed by atoms with E-state index in [0.29, 0.717) is 5.92 Å². The van der Waals surface area contributed by atoms with Crippen molar-refractivity contribution >= 4 is 0 Å². The maximum absolute atomic E-state index is 3.88. The zero-order valence-electron chi connectivity index (χ0n) is 9.53. The summed E-state index contributed by atoms with van der Waals surface area (Å²) in [6.45, 7) is 11.8. The van der Waals surface area contributed by atoms with Crippen LogP contribution in [0, 0.1) is 5.92 Å². The van der Waals surface area contributed by atoms with Gasteiger partial charge in [0.15, 0.2) is 0 Å². The average molecular weight is 201 g/mol. The average Bonchev–Trinajstić information content (AvgIpc) is 2.57. The van der Waals surface area contributed by atoms with Crippen LogP contribution in [0.1, 0.15) is 13.8 Å². The third-order valence-electron chi connectivity index (χ3n) is 2.59. The lowest BCUT2D eigenvalue weighted by Crippen LogP contribution is -2.24. The molecule has 0 aromatic heterocycles. The molecule has 0 amide bonds. The lowest BCUT2D eigenvalue weighted by Gasteiger charge is -2.13. The van der Waals surface area contributed by atoms with Crippen molar-refractivity contribution in [3.05, 3.63) is 60.9 Å². The summed E-state index contributed by atoms with van der Waals surface area (Å²) in [5, 5.41) is 3.43. The first-order valence-corrected chi connectivity index (χ1v) is 5.29. The number of nitrogens with one attached hydrogen (secondary N) is 1. The second-order valence-corrected chi connectivity index (χ2v) is 3.53. The number of hydrogen-bond acceptors (Lipinski definition) is 1. The van der Waals surface area contributed by atoms with Crippen LogP contribution in [0.3, 0.4) is 0 Å².